The van der Waals surface area contributed by atoms with Crippen molar-refractivity contribution in [3.05, 3.63) is 0 Å². The maximum Gasteiger partial charge on any atom is 0.0470 e. The molecule has 0 amide bonds. The zero-order valence-corrected chi connectivity index (χ0v) is 11.4. The molecule has 2 nitrogen and oxygen atoms in total. The third kappa shape index (κ3) is 12.2. The first kappa shape index (κ1) is 15.3. The third-order valence-corrected chi connectivity index (χ3v) is 3.52. The molecule has 0 aliphatic carbocycles. The average Bonchev–Trinajstić information content (AvgIpc) is 2.22. The number of thioether (sulfide) groups is 1. The SMILES string of the molecule is CCNC(C)CCCCSCCCOC. The fourth-order valence-electron chi connectivity index (χ4n) is 1.51. The van der Waals surface area contributed by atoms with E-state index < -0.39 is 0 Å². The van der Waals surface area contributed by atoms with Crippen molar-refractivity contribution in [1.82, 2.24) is 5.32 Å². The third-order valence-electron chi connectivity index (χ3n) is 2.37. The Morgan fingerprint density at radius 3 is 2.60 bits per heavy atom. The molecule has 0 heterocycles. The number of hydrogen-bond acceptors (Lipinski definition) is 3. The van der Waals surface area contributed by atoms with Gasteiger partial charge in [-0.25, -0.2) is 0 Å². The number of ether oxygens (including phenoxy) is 1. The van der Waals surface area contributed by atoms with E-state index in [1.54, 1.807) is 7.11 Å². The van der Waals surface area contributed by atoms with Crippen LogP contribution >= 0.6 is 11.8 Å². The maximum atomic E-state index is 5.01. The molecule has 3 heteroatoms. The Hall–Kier alpha value is 0.270. The lowest BCUT2D eigenvalue weighted by Gasteiger charge is -2.11. The van der Waals surface area contributed by atoms with E-state index in [-0.39, 0.29) is 0 Å². The van der Waals surface area contributed by atoms with Gasteiger partial charge < -0.3 is 10.1 Å². The Bertz CT molecular complexity index is 122. The summed E-state index contributed by atoms with van der Waals surface area (Å²) in [5.41, 5.74) is 0. The fraction of sp³-hybridized carbons (Fsp3) is 1.00. The van der Waals surface area contributed by atoms with E-state index in [0.29, 0.717) is 6.04 Å². The number of rotatable bonds is 11. The number of nitrogens with one attached hydrogen (secondary N) is 1. The summed E-state index contributed by atoms with van der Waals surface area (Å²) in [5.74, 6) is 2.55. The summed E-state index contributed by atoms with van der Waals surface area (Å²) in [6.07, 6.45) is 5.21. The molecule has 1 atom stereocenters. The lowest BCUT2D eigenvalue weighted by atomic mass is 10.1. The Kier molecular flexibility index (Phi) is 12.6. The molecule has 15 heavy (non-hydrogen) atoms. The Morgan fingerprint density at radius 2 is 1.93 bits per heavy atom. The number of unbranched alkanes of at least 4 members (excludes halogenated alkanes) is 1. The van der Waals surface area contributed by atoms with E-state index in [2.05, 4.69) is 30.9 Å². The Morgan fingerprint density at radius 1 is 1.20 bits per heavy atom. The van der Waals surface area contributed by atoms with E-state index in [1.807, 2.05) is 0 Å². The van der Waals surface area contributed by atoms with Crippen LogP contribution in [0.2, 0.25) is 0 Å². The summed E-state index contributed by atoms with van der Waals surface area (Å²) >= 11 is 2.06. The fourth-order valence-corrected chi connectivity index (χ4v) is 2.45. The summed E-state index contributed by atoms with van der Waals surface area (Å²) in [6, 6.07) is 0.688. The predicted octanol–water partition coefficient (Wildman–Crippen LogP) is 2.92. The van der Waals surface area contributed by atoms with Crippen LogP contribution in [-0.4, -0.2) is 37.8 Å². The molecular formula is C12H27NOS. The van der Waals surface area contributed by atoms with Crippen molar-refractivity contribution in [2.24, 2.45) is 0 Å². The zero-order valence-electron chi connectivity index (χ0n) is 10.6. The highest BCUT2D eigenvalue weighted by Crippen LogP contribution is 2.08. The number of methoxy groups -OCH3 is 1. The summed E-state index contributed by atoms with van der Waals surface area (Å²) in [5, 5.41) is 3.44. The van der Waals surface area contributed by atoms with E-state index in [9.17, 15) is 0 Å². The first-order chi connectivity index (χ1) is 7.31. The molecule has 0 bridgehead atoms. The van der Waals surface area contributed by atoms with E-state index in [4.69, 9.17) is 4.74 Å². The molecule has 92 valence electrons. The van der Waals surface area contributed by atoms with Crippen molar-refractivity contribution in [3.8, 4) is 0 Å². The molecule has 0 aromatic rings. The van der Waals surface area contributed by atoms with Gasteiger partial charge in [-0.1, -0.05) is 13.3 Å². The molecule has 0 radical (unpaired) electrons. The second-order valence-corrected chi connectivity index (χ2v) is 5.14. The molecule has 1 N–H and O–H groups in total. The Labute approximate surface area is 99.5 Å². The van der Waals surface area contributed by atoms with Crippen LogP contribution in [0.1, 0.15) is 39.5 Å². The minimum atomic E-state index is 0.688. The standard InChI is InChI=1S/C12H27NOS/c1-4-13-12(2)8-5-6-10-15-11-7-9-14-3/h12-13H,4-11H2,1-3H3. The van der Waals surface area contributed by atoms with E-state index in [1.165, 1.54) is 37.2 Å². The van der Waals surface area contributed by atoms with E-state index >= 15 is 0 Å². The van der Waals surface area contributed by atoms with Gasteiger partial charge in [0.1, 0.15) is 0 Å². The van der Waals surface area contributed by atoms with Crippen molar-refractivity contribution < 1.29 is 4.74 Å². The van der Waals surface area contributed by atoms with Crippen LogP contribution in [0.3, 0.4) is 0 Å². The molecule has 0 aliphatic heterocycles. The van der Waals surface area contributed by atoms with Gasteiger partial charge in [0.25, 0.3) is 0 Å². The van der Waals surface area contributed by atoms with Crippen molar-refractivity contribution in [1.29, 1.82) is 0 Å². The molecule has 0 rings (SSSR count). The van der Waals surface area contributed by atoms with Crippen LogP contribution in [-0.2, 0) is 4.74 Å². The van der Waals surface area contributed by atoms with Crippen LogP contribution in [0.15, 0.2) is 0 Å². The highest BCUT2D eigenvalue weighted by atomic mass is 32.2. The summed E-state index contributed by atoms with van der Waals surface area (Å²) < 4.78 is 5.01. The van der Waals surface area contributed by atoms with Gasteiger partial charge in [-0.3, -0.25) is 0 Å². The van der Waals surface area contributed by atoms with Gasteiger partial charge in [0.05, 0.1) is 0 Å². The molecule has 1 unspecified atom stereocenters. The molecular weight excluding hydrogens is 206 g/mol. The monoisotopic (exact) mass is 233 g/mol. The number of hydrogen-bond donors (Lipinski definition) is 1. The molecule has 0 aliphatic rings. The second kappa shape index (κ2) is 12.3. The van der Waals surface area contributed by atoms with Gasteiger partial charge in [-0.05, 0) is 44.2 Å². The van der Waals surface area contributed by atoms with Gasteiger partial charge in [-0.2, -0.15) is 11.8 Å². The minimum absolute atomic E-state index is 0.688. The first-order valence-electron chi connectivity index (χ1n) is 6.11. The van der Waals surface area contributed by atoms with Crippen LogP contribution < -0.4 is 5.32 Å². The van der Waals surface area contributed by atoms with Crippen LogP contribution in [0.4, 0.5) is 0 Å². The Balaban J connectivity index is 2.98. The topological polar surface area (TPSA) is 21.3 Å². The molecule has 0 aromatic heterocycles. The predicted molar refractivity (Wildman–Crippen MR) is 70.8 cm³/mol. The van der Waals surface area contributed by atoms with Crippen LogP contribution in [0, 0.1) is 0 Å². The molecule has 0 saturated heterocycles. The van der Waals surface area contributed by atoms with Crippen LogP contribution in [0.5, 0.6) is 0 Å². The zero-order chi connectivity index (χ0) is 11.4. The molecule has 0 saturated carbocycles. The summed E-state index contributed by atoms with van der Waals surface area (Å²) in [7, 11) is 1.77. The highest BCUT2D eigenvalue weighted by molar-refractivity contribution is 7.99. The lowest BCUT2D eigenvalue weighted by molar-refractivity contribution is 0.200. The average molecular weight is 233 g/mol. The van der Waals surface area contributed by atoms with E-state index in [0.717, 1.165) is 13.2 Å². The first-order valence-corrected chi connectivity index (χ1v) is 7.26. The van der Waals surface area contributed by atoms with Crippen molar-refractivity contribution >= 4 is 11.8 Å². The van der Waals surface area contributed by atoms with Crippen molar-refractivity contribution in [2.75, 3.05) is 31.8 Å². The lowest BCUT2D eigenvalue weighted by Crippen LogP contribution is -2.25. The van der Waals surface area contributed by atoms with Crippen molar-refractivity contribution in [2.45, 2.75) is 45.6 Å². The van der Waals surface area contributed by atoms with Gasteiger partial charge in [0.2, 0.25) is 0 Å². The second-order valence-electron chi connectivity index (χ2n) is 3.91. The molecule has 0 aromatic carbocycles. The normalized spacial score (nSPS) is 13.0. The smallest absolute Gasteiger partial charge is 0.0470 e. The quantitative estimate of drug-likeness (QED) is 0.554. The molecule has 0 fully saturated rings. The van der Waals surface area contributed by atoms with Gasteiger partial charge in [0.15, 0.2) is 0 Å². The van der Waals surface area contributed by atoms with Crippen molar-refractivity contribution in [3.63, 3.8) is 0 Å². The molecule has 0 spiro atoms. The van der Waals surface area contributed by atoms with Gasteiger partial charge in [0, 0.05) is 19.8 Å². The largest absolute Gasteiger partial charge is 0.385 e. The summed E-state index contributed by atoms with van der Waals surface area (Å²) in [6.45, 7) is 6.44. The van der Waals surface area contributed by atoms with Crippen LogP contribution in [0.25, 0.3) is 0 Å². The minimum Gasteiger partial charge on any atom is -0.385 e. The summed E-state index contributed by atoms with van der Waals surface area (Å²) in [4.78, 5) is 0. The highest BCUT2D eigenvalue weighted by Gasteiger charge is 1.98. The maximum absolute atomic E-state index is 5.01. The van der Waals surface area contributed by atoms with Gasteiger partial charge >= 0.3 is 0 Å². The van der Waals surface area contributed by atoms with Gasteiger partial charge in [-0.15, -0.1) is 0 Å².